The fourth-order valence-electron chi connectivity index (χ4n) is 0.939. The highest BCUT2D eigenvalue weighted by Gasteiger charge is 2.12. The third-order valence-corrected chi connectivity index (χ3v) is 2.68. The van der Waals surface area contributed by atoms with Crippen molar-refractivity contribution in [1.82, 2.24) is 0 Å². The Balaban J connectivity index is 0.000000921. The molecule has 1 N–H and O–H groups in total. The van der Waals surface area contributed by atoms with Crippen LogP contribution in [-0.2, 0) is 0 Å². The molecule has 4 heteroatoms. The highest BCUT2D eigenvalue weighted by atomic mass is 32.1. The average molecular weight is 230 g/mol. The summed E-state index contributed by atoms with van der Waals surface area (Å²) >= 11 is 1.19. The Morgan fingerprint density at radius 2 is 2.13 bits per heavy atom. The number of carbonyl (C=O) groups is 1. The number of carboxylic acids is 1. The van der Waals surface area contributed by atoms with Gasteiger partial charge in [0, 0.05) is 0 Å². The molecule has 1 aromatic heterocycles. The van der Waals surface area contributed by atoms with E-state index in [1.807, 2.05) is 20.8 Å². The van der Waals surface area contributed by atoms with Gasteiger partial charge in [0.05, 0.1) is 6.61 Å². The predicted octanol–water partition coefficient (Wildman–Crippen LogP) is 3.57. The molecule has 0 spiro atoms. The summed E-state index contributed by atoms with van der Waals surface area (Å²) in [6.45, 7) is 8.43. The fourth-order valence-corrected chi connectivity index (χ4v) is 1.83. The molecule has 1 heterocycles. The second kappa shape index (κ2) is 7.29. The monoisotopic (exact) mass is 230 g/mol. The highest BCUT2D eigenvalue weighted by Crippen LogP contribution is 2.28. The quantitative estimate of drug-likeness (QED) is 0.860. The molecule has 0 bridgehead atoms. The summed E-state index contributed by atoms with van der Waals surface area (Å²) in [5.74, 6) is -0.881. The Bertz CT molecular complexity index is 305. The van der Waals surface area contributed by atoms with Crippen molar-refractivity contribution < 1.29 is 14.6 Å². The van der Waals surface area contributed by atoms with Gasteiger partial charge in [-0.15, -0.1) is 0 Å². The number of ether oxygens (including phenoxy) is 1. The minimum absolute atomic E-state index is 0.367. The molecule has 0 aromatic carbocycles. The number of hydrogen-bond donors (Lipinski definition) is 1. The van der Waals surface area contributed by atoms with Gasteiger partial charge in [-0.05, 0) is 25.0 Å². The molecule has 0 saturated heterocycles. The standard InChI is InChI=1S/C9H12O3S.C2H6/c1-3-4-12-7-5-6(2)8(13-7)9(10)11;1-2/h5H,3-4H2,1-2H3,(H,10,11);1-2H3. The van der Waals surface area contributed by atoms with Gasteiger partial charge in [0.2, 0.25) is 0 Å². The first-order chi connectivity index (χ1) is 7.15. The van der Waals surface area contributed by atoms with E-state index in [2.05, 4.69) is 0 Å². The van der Waals surface area contributed by atoms with Crippen LogP contribution in [0.1, 0.15) is 42.4 Å². The summed E-state index contributed by atoms with van der Waals surface area (Å²) in [4.78, 5) is 11.0. The van der Waals surface area contributed by atoms with Crippen LogP contribution >= 0.6 is 11.3 Å². The van der Waals surface area contributed by atoms with Crippen molar-refractivity contribution >= 4 is 17.3 Å². The van der Waals surface area contributed by atoms with Crippen molar-refractivity contribution in [1.29, 1.82) is 0 Å². The van der Waals surface area contributed by atoms with Crippen LogP contribution in [0.2, 0.25) is 0 Å². The van der Waals surface area contributed by atoms with Crippen LogP contribution in [0.3, 0.4) is 0 Å². The zero-order valence-electron chi connectivity index (χ0n) is 9.66. The lowest BCUT2D eigenvalue weighted by Gasteiger charge is -1.97. The molecule has 0 amide bonds. The minimum Gasteiger partial charge on any atom is -0.484 e. The number of aryl methyl sites for hydroxylation is 1. The predicted molar refractivity (Wildman–Crippen MR) is 63.1 cm³/mol. The number of aromatic carboxylic acids is 1. The van der Waals surface area contributed by atoms with Gasteiger partial charge in [-0.25, -0.2) is 4.79 Å². The normalized spacial score (nSPS) is 9.07. The van der Waals surface area contributed by atoms with E-state index in [0.29, 0.717) is 16.5 Å². The zero-order valence-corrected chi connectivity index (χ0v) is 10.5. The molecular formula is C11H18O3S. The number of thiophene rings is 1. The molecule has 0 saturated carbocycles. The SMILES string of the molecule is CC.CCCOc1cc(C)c(C(=O)O)s1. The largest absolute Gasteiger partial charge is 0.484 e. The first kappa shape index (κ1) is 14.0. The third-order valence-electron chi connectivity index (χ3n) is 1.54. The van der Waals surface area contributed by atoms with E-state index in [-0.39, 0.29) is 0 Å². The van der Waals surface area contributed by atoms with Crippen molar-refractivity contribution in [3.63, 3.8) is 0 Å². The Hall–Kier alpha value is -1.03. The van der Waals surface area contributed by atoms with Gasteiger partial charge in [0.25, 0.3) is 0 Å². The van der Waals surface area contributed by atoms with E-state index in [0.717, 1.165) is 12.0 Å². The first-order valence-corrected chi connectivity index (χ1v) is 5.93. The molecule has 3 nitrogen and oxygen atoms in total. The Labute approximate surface area is 94.7 Å². The van der Waals surface area contributed by atoms with Crippen LogP contribution in [-0.4, -0.2) is 17.7 Å². The molecule has 0 fully saturated rings. The summed E-state index contributed by atoms with van der Waals surface area (Å²) in [5.41, 5.74) is 0.767. The van der Waals surface area contributed by atoms with E-state index >= 15 is 0 Å². The molecule has 0 atom stereocenters. The maximum atomic E-state index is 10.7. The van der Waals surface area contributed by atoms with Gasteiger partial charge in [-0.1, -0.05) is 32.1 Å². The van der Waals surface area contributed by atoms with Gasteiger partial charge < -0.3 is 9.84 Å². The van der Waals surface area contributed by atoms with Crippen LogP contribution in [0.15, 0.2) is 6.07 Å². The van der Waals surface area contributed by atoms with Gasteiger partial charge >= 0.3 is 5.97 Å². The van der Waals surface area contributed by atoms with Gasteiger partial charge in [0.15, 0.2) is 5.06 Å². The number of carboxylic acid groups (broad SMARTS) is 1. The van der Waals surface area contributed by atoms with Gasteiger partial charge in [-0.2, -0.15) is 0 Å². The average Bonchev–Trinajstić information content (AvgIpc) is 2.60. The Kier molecular flexibility index (Phi) is 6.79. The summed E-state index contributed by atoms with van der Waals surface area (Å²) in [7, 11) is 0. The second-order valence-corrected chi connectivity index (χ2v) is 3.75. The third kappa shape index (κ3) is 4.34. The summed E-state index contributed by atoms with van der Waals surface area (Å²) in [6, 6.07) is 1.77. The Morgan fingerprint density at radius 3 is 2.53 bits per heavy atom. The summed E-state index contributed by atoms with van der Waals surface area (Å²) in [6.07, 6.45) is 0.930. The van der Waals surface area contributed by atoms with Crippen molar-refractivity contribution in [3.05, 3.63) is 16.5 Å². The van der Waals surface area contributed by atoms with Crippen LogP contribution in [0, 0.1) is 6.92 Å². The van der Waals surface area contributed by atoms with Crippen LogP contribution in [0.5, 0.6) is 5.06 Å². The van der Waals surface area contributed by atoms with Crippen molar-refractivity contribution in [2.45, 2.75) is 34.1 Å². The van der Waals surface area contributed by atoms with Crippen LogP contribution in [0.25, 0.3) is 0 Å². The van der Waals surface area contributed by atoms with Crippen molar-refractivity contribution in [2.24, 2.45) is 0 Å². The topological polar surface area (TPSA) is 46.5 Å². The van der Waals surface area contributed by atoms with E-state index in [9.17, 15) is 4.79 Å². The molecule has 1 rings (SSSR count). The molecular weight excluding hydrogens is 212 g/mol. The fraction of sp³-hybridized carbons (Fsp3) is 0.545. The maximum Gasteiger partial charge on any atom is 0.346 e. The molecule has 0 aliphatic heterocycles. The van der Waals surface area contributed by atoms with Crippen LogP contribution in [0.4, 0.5) is 0 Å². The van der Waals surface area contributed by atoms with Gasteiger partial charge in [-0.3, -0.25) is 0 Å². The molecule has 1 aromatic rings. The lowest BCUT2D eigenvalue weighted by molar-refractivity contribution is 0.0701. The molecule has 0 aliphatic carbocycles. The lowest BCUT2D eigenvalue weighted by Crippen LogP contribution is -1.93. The van der Waals surface area contributed by atoms with E-state index in [1.54, 1.807) is 13.0 Å². The number of rotatable bonds is 4. The molecule has 15 heavy (non-hydrogen) atoms. The Morgan fingerprint density at radius 1 is 1.53 bits per heavy atom. The molecule has 86 valence electrons. The maximum absolute atomic E-state index is 10.7. The van der Waals surface area contributed by atoms with E-state index < -0.39 is 5.97 Å². The summed E-state index contributed by atoms with van der Waals surface area (Å²) in [5, 5.41) is 9.45. The smallest absolute Gasteiger partial charge is 0.346 e. The molecule has 0 radical (unpaired) electrons. The highest BCUT2D eigenvalue weighted by molar-refractivity contribution is 7.15. The van der Waals surface area contributed by atoms with E-state index in [1.165, 1.54) is 11.3 Å². The van der Waals surface area contributed by atoms with Crippen molar-refractivity contribution in [3.8, 4) is 5.06 Å². The van der Waals surface area contributed by atoms with Gasteiger partial charge in [0.1, 0.15) is 4.88 Å². The zero-order chi connectivity index (χ0) is 11.8. The first-order valence-electron chi connectivity index (χ1n) is 5.11. The van der Waals surface area contributed by atoms with Crippen LogP contribution < -0.4 is 4.74 Å². The number of hydrogen-bond acceptors (Lipinski definition) is 3. The summed E-state index contributed by atoms with van der Waals surface area (Å²) < 4.78 is 5.32. The molecule has 0 aliphatic rings. The molecule has 0 unspecified atom stereocenters. The van der Waals surface area contributed by atoms with Crippen molar-refractivity contribution in [2.75, 3.05) is 6.61 Å². The van der Waals surface area contributed by atoms with E-state index in [4.69, 9.17) is 9.84 Å². The second-order valence-electron chi connectivity index (χ2n) is 2.73. The lowest BCUT2D eigenvalue weighted by atomic mass is 10.3. The minimum atomic E-state index is -0.881.